The third kappa shape index (κ3) is 3.96. The number of carboxylic acid groups (broad SMARTS) is 1. The zero-order chi connectivity index (χ0) is 15.4. The zero-order valence-electron chi connectivity index (χ0n) is 11.1. The van der Waals surface area contributed by atoms with Crippen molar-refractivity contribution in [2.75, 3.05) is 5.32 Å². The van der Waals surface area contributed by atoms with Crippen LogP contribution in [0.5, 0.6) is 0 Å². The maximum Gasteiger partial charge on any atom is 0.339 e. The molecule has 7 heteroatoms. The summed E-state index contributed by atoms with van der Waals surface area (Å²) in [4.78, 5) is 25.2. The predicted molar refractivity (Wildman–Crippen MR) is 83.3 cm³/mol. The molecule has 110 valence electrons. The van der Waals surface area contributed by atoms with Crippen molar-refractivity contribution in [2.45, 2.75) is 13.5 Å². The SMILES string of the molecule is Cc1ccc(CNC(=O)Nc2cccc(Cl)c2C(=O)O)s1. The van der Waals surface area contributed by atoms with Gasteiger partial charge in [-0.2, -0.15) is 0 Å². The molecular weight excluding hydrogens is 312 g/mol. The number of nitrogens with one attached hydrogen (secondary N) is 2. The summed E-state index contributed by atoms with van der Waals surface area (Å²) >= 11 is 7.42. The molecule has 0 aliphatic carbocycles. The van der Waals surface area contributed by atoms with Gasteiger partial charge < -0.3 is 15.7 Å². The Hall–Kier alpha value is -2.05. The maximum atomic E-state index is 11.8. The number of carbonyl (C=O) groups excluding carboxylic acids is 1. The van der Waals surface area contributed by atoms with Gasteiger partial charge >= 0.3 is 12.0 Å². The summed E-state index contributed by atoms with van der Waals surface area (Å²) in [7, 11) is 0. The Bertz CT molecular complexity index is 685. The number of aromatic carboxylic acids is 1. The van der Waals surface area contributed by atoms with Gasteiger partial charge in [0.05, 0.1) is 17.3 Å². The van der Waals surface area contributed by atoms with Gasteiger partial charge in [0.15, 0.2) is 0 Å². The van der Waals surface area contributed by atoms with Gasteiger partial charge in [-0.1, -0.05) is 17.7 Å². The quantitative estimate of drug-likeness (QED) is 0.801. The van der Waals surface area contributed by atoms with Crippen LogP contribution in [-0.4, -0.2) is 17.1 Å². The summed E-state index contributed by atoms with van der Waals surface area (Å²) in [5.41, 5.74) is 0.0381. The number of thiophene rings is 1. The highest BCUT2D eigenvalue weighted by Gasteiger charge is 2.15. The number of benzene rings is 1. The van der Waals surface area contributed by atoms with Crippen LogP contribution in [0.1, 0.15) is 20.1 Å². The van der Waals surface area contributed by atoms with Crippen LogP contribution >= 0.6 is 22.9 Å². The molecule has 2 rings (SSSR count). The van der Waals surface area contributed by atoms with Crippen LogP contribution in [0.2, 0.25) is 5.02 Å². The molecule has 0 saturated carbocycles. The average molecular weight is 325 g/mol. The van der Waals surface area contributed by atoms with Crippen molar-refractivity contribution in [3.8, 4) is 0 Å². The average Bonchev–Trinajstić information content (AvgIpc) is 2.82. The Morgan fingerprint density at radius 2 is 2.05 bits per heavy atom. The van der Waals surface area contributed by atoms with Crippen molar-refractivity contribution in [1.29, 1.82) is 0 Å². The highest BCUT2D eigenvalue weighted by atomic mass is 35.5. The smallest absolute Gasteiger partial charge is 0.339 e. The van der Waals surface area contributed by atoms with Gasteiger partial charge in [-0.25, -0.2) is 9.59 Å². The van der Waals surface area contributed by atoms with Crippen molar-refractivity contribution in [3.05, 3.63) is 50.7 Å². The van der Waals surface area contributed by atoms with Crippen LogP contribution < -0.4 is 10.6 Å². The summed E-state index contributed by atoms with van der Waals surface area (Å²) in [5, 5.41) is 14.4. The molecule has 5 nitrogen and oxygen atoms in total. The fourth-order valence-electron chi connectivity index (χ4n) is 1.76. The van der Waals surface area contributed by atoms with E-state index in [0.29, 0.717) is 6.54 Å². The number of amides is 2. The van der Waals surface area contributed by atoms with Gasteiger partial charge in [-0.05, 0) is 31.2 Å². The van der Waals surface area contributed by atoms with E-state index < -0.39 is 12.0 Å². The molecule has 0 spiro atoms. The number of anilines is 1. The minimum absolute atomic E-state index is 0.0779. The summed E-state index contributed by atoms with van der Waals surface area (Å²) in [5.74, 6) is -1.19. The van der Waals surface area contributed by atoms with Crippen LogP contribution in [0, 0.1) is 6.92 Å². The van der Waals surface area contributed by atoms with Crippen molar-refractivity contribution in [1.82, 2.24) is 5.32 Å². The summed E-state index contributed by atoms with van der Waals surface area (Å²) in [6.45, 7) is 2.37. The Balaban J connectivity index is 2.03. The highest BCUT2D eigenvalue weighted by Crippen LogP contribution is 2.24. The third-order valence-corrected chi connectivity index (χ3v) is 4.01. The van der Waals surface area contributed by atoms with Gasteiger partial charge in [0.1, 0.15) is 5.56 Å². The van der Waals surface area contributed by atoms with Gasteiger partial charge in [0, 0.05) is 9.75 Å². The summed E-state index contributed by atoms with van der Waals surface area (Å²) in [6.07, 6.45) is 0. The molecule has 1 aromatic carbocycles. The number of halogens is 1. The molecule has 0 fully saturated rings. The van der Waals surface area contributed by atoms with E-state index in [4.69, 9.17) is 16.7 Å². The Kier molecular flexibility index (Phi) is 4.82. The van der Waals surface area contributed by atoms with E-state index in [9.17, 15) is 9.59 Å². The molecule has 0 radical (unpaired) electrons. The Morgan fingerprint density at radius 3 is 2.67 bits per heavy atom. The summed E-state index contributed by atoms with van der Waals surface area (Å²) in [6, 6.07) is 7.95. The molecule has 0 aliphatic heterocycles. The number of carboxylic acids is 1. The topological polar surface area (TPSA) is 78.4 Å². The van der Waals surface area contributed by atoms with Crippen LogP contribution in [0.4, 0.5) is 10.5 Å². The zero-order valence-corrected chi connectivity index (χ0v) is 12.7. The fraction of sp³-hybridized carbons (Fsp3) is 0.143. The first-order chi connectivity index (χ1) is 9.97. The molecule has 21 heavy (non-hydrogen) atoms. The number of hydrogen-bond donors (Lipinski definition) is 3. The molecule has 0 aliphatic rings. The van der Waals surface area contributed by atoms with Crippen LogP contribution in [-0.2, 0) is 6.54 Å². The van der Waals surface area contributed by atoms with Gasteiger partial charge in [0.2, 0.25) is 0 Å². The highest BCUT2D eigenvalue weighted by molar-refractivity contribution is 7.11. The van der Waals surface area contributed by atoms with Crippen molar-refractivity contribution >= 4 is 40.6 Å². The molecule has 0 unspecified atom stereocenters. The lowest BCUT2D eigenvalue weighted by Crippen LogP contribution is -2.28. The molecule has 0 saturated heterocycles. The summed E-state index contributed by atoms with van der Waals surface area (Å²) < 4.78 is 0. The van der Waals surface area contributed by atoms with E-state index in [0.717, 1.165) is 9.75 Å². The standard InChI is InChI=1S/C14H13ClN2O3S/c1-8-5-6-9(21-8)7-16-14(20)17-11-4-2-3-10(15)12(11)13(18)19/h2-6H,7H2,1H3,(H,18,19)(H2,16,17,20). The molecule has 2 amide bonds. The molecule has 1 aromatic heterocycles. The second-order valence-corrected chi connectivity index (χ2v) is 6.07. The second-order valence-electron chi connectivity index (χ2n) is 4.29. The molecule has 3 N–H and O–H groups in total. The molecule has 1 heterocycles. The molecule has 0 atom stereocenters. The lowest BCUT2D eigenvalue weighted by molar-refractivity contribution is 0.0698. The largest absolute Gasteiger partial charge is 0.478 e. The van der Waals surface area contributed by atoms with E-state index in [1.165, 1.54) is 12.1 Å². The monoisotopic (exact) mass is 324 g/mol. The lowest BCUT2D eigenvalue weighted by atomic mass is 10.2. The van der Waals surface area contributed by atoms with Crippen LogP contribution in [0.15, 0.2) is 30.3 Å². The van der Waals surface area contributed by atoms with Crippen molar-refractivity contribution < 1.29 is 14.7 Å². The van der Waals surface area contributed by atoms with Gasteiger partial charge in [0.25, 0.3) is 0 Å². The maximum absolute atomic E-state index is 11.8. The van der Waals surface area contributed by atoms with Crippen LogP contribution in [0.25, 0.3) is 0 Å². The van der Waals surface area contributed by atoms with E-state index in [2.05, 4.69) is 10.6 Å². The molecule has 2 aromatic rings. The minimum Gasteiger partial charge on any atom is -0.478 e. The number of rotatable bonds is 4. The predicted octanol–water partition coefficient (Wildman–Crippen LogP) is 3.73. The number of hydrogen-bond acceptors (Lipinski definition) is 3. The first-order valence-corrected chi connectivity index (χ1v) is 7.29. The van der Waals surface area contributed by atoms with Crippen molar-refractivity contribution in [2.24, 2.45) is 0 Å². The van der Waals surface area contributed by atoms with E-state index in [1.807, 2.05) is 19.1 Å². The first kappa shape index (κ1) is 15.3. The minimum atomic E-state index is -1.19. The van der Waals surface area contributed by atoms with E-state index >= 15 is 0 Å². The van der Waals surface area contributed by atoms with Crippen molar-refractivity contribution in [3.63, 3.8) is 0 Å². The Morgan fingerprint density at radius 1 is 1.29 bits per heavy atom. The second kappa shape index (κ2) is 6.60. The van der Waals surface area contributed by atoms with E-state index in [1.54, 1.807) is 17.4 Å². The number of carbonyl (C=O) groups is 2. The molecule has 0 bridgehead atoms. The first-order valence-electron chi connectivity index (χ1n) is 6.09. The fourth-order valence-corrected chi connectivity index (χ4v) is 2.85. The number of urea groups is 1. The van der Waals surface area contributed by atoms with E-state index in [-0.39, 0.29) is 16.3 Å². The van der Waals surface area contributed by atoms with Gasteiger partial charge in [-0.15, -0.1) is 11.3 Å². The lowest BCUT2D eigenvalue weighted by Gasteiger charge is -2.10. The van der Waals surface area contributed by atoms with Crippen LogP contribution in [0.3, 0.4) is 0 Å². The normalized spacial score (nSPS) is 10.2. The Labute approximate surface area is 130 Å². The molecular formula is C14H13ClN2O3S. The van der Waals surface area contributed by atoms with Gasteiger partial charge in [-0.3, -0.25) is 0 Å². The number of aryl methyl sites for hydroxylation is 1. The third-order valence-electron chi connectivity index (χ3n) is 2.69.